The summed E-state index contributed by atoms with van der Waals surface area (Å²) in [5.74, 6) is 0.113. The van der Waals surface area contributed by atoms with Gasteiger partial charge in [0.1, 0.15) is 5.75 Å². The second-order valence-corrected chi connectivity index (χ2v) is 5.34. The van der Waals surface area contributed by atoms with E-state index in [1.807, 2.05) is 0 Å². The highest BCUT2D eigenvalue weighted by Crippen LogP contribution is 2.26. The number of hydrogen-bond donors (Lipinski definition) is 2. The zero-order chi connectivity index (χ0) is 15.1. The van der Waals surface area contributed by atoms with Crippen LogP contribution in [0.5, 0.6) is 5.75 Å². The molecule has 1 fully saturated rings. The van der Waals surface area contributed by atoms with Crippen molar-refractivity contribution in [1.82, 2.24) is 0 Å². The van der Waals surface area contributed by atoms with E-state index in [1.165, 1.54) is 0 Å². The minimum absolute atomic E-state index is 0.0997. The van der Waals surface area contributed by atoms with E-state index in [-0.39, 0.29) is 18.2 Å². The Kier molecular flexibility index (Phi) is 5.60. The molecule has 5 nitrogen and oxygen atoms in total. The van der Waals surface area contributed by atoms with Gasteiger partial charge in [0.05, 0.1) is 6.61 Å². The average molecular weight is 291 g/mol. The first-order chi connectivity index (χ1) is 10.1. The smallest absolute Gasteiger partial charge is 0.303 e. The Morgan fingerprint density at radius 3 is 2.48 bits per heavy atom. The molecular formula is C16H21NO4. The highest BCUT2D eigenvalue weighted by atomic mass is 16.5. The van der Waals surface area contributed by atoms with Gasteiger partial charge in [-0.15, -0.1) is 0 Å². The van der Waals surface area contributed by atoms with Gasteiger partial charge in [0.25, 0.3) is 0 Å². The summed E-state index contributed by atoms with van der Waals surface area (Å²) < 4.78 is 5.44. The van der Waals surface area contributed by atoms with Crippen molar-refractivity contribution in [3.63, 3.8) is 0 Å². The summed E-state index contributed by atoms with van der Waals surface area (Å²) in [6.45, 7) is 0.375. The molecule has 1 aromatic rings. The molecule has 1 aliphatic carbocycles. The molecule has 0 unspecified atom stereocenters. The topological polar surface area (TPSA) is 75.6 Å². The van der Waals surface area contributed by atoms with Crippen molar-refractivity contribution in [2.45, 2.75) is 38.5 Å². The lowest BCUT2D eigenvalue weighted by atomic mass is 10.1. The first-order valence-electron chi connectivity index (χ1n) is 7.40. The van der Waals surface area contributed by atoms with Crippen LogP contribution in [0.4, 0.5) is 5.69 Å². The van der Waals surface area contributed by atoms with E-state index in [0.29, 0.717) is 18.8 Å². The molecule has 2 N–H and O–H groups in total. The minimum atomic E-state index is -0.816. The summed E-state index contributed by atoms with van der Waals surface area (Å²) >= 11 is 0. The van der Waals surface area contributed by atoms with E-state index >= 15 is 0 Å². The summed E-state index contributed by atoms with van der Waals surface area (Å²) in [4.78, 5) is 22.3. The van der Waals surface area contributed by atoms with E-state index < -0.39 is 5.97 Å². The summed E-state index contributed by atoms with van der Waals surface area (Å²) in [6, 6.07) is 7.18. The highest BCUT2D eigenvalue weighted by molar-refractivity contribution is 5.92. The van der Waals surface area contributed by atoms with Crippen LogP contribution < -0.4 is 10.1 Å². The minimum Gasteiger partial charge on any atom is -0.494 e. The Morgan fingerprint density at radius 2 is 1.86 bits per heavy atom. The van der Waals surface area contributed by atoms with Crippen LogP contribution in [0, 0.1) is 5.92 Å². The third-order valence-corrected chi connectivity index (χ3v) is 3.65. The van der Waals surface area contributed by atoms with Crippen molar-refractivity contribution in [2.24, 2.45) is 5.92 Å². The van der Waals surface area contributed by atoms with Gasteiger partial charge in [-0.05, 0) is 43.5 Å². The third kappa shape index (κ3) is 5.10. The molecule has 0 spiro atoms. The SMILES string of the molecule is O=C(O)CCCOc1ccc(NC(=O)C2CCCC2)cc1. The van der Waals surface area contributed by atoms with Crippen molar-refractivity contribution in [3.8, 4) is 5.75 Å². The van der Waals surface area contributed by atoms with E-state index in [0.717, 1.165) is 31.4 Å². The van der Waals surface area contributed by atoms with Crippen molar-refractivity contribution in [1.29, 1.82) is 0 Å². The fraction of sp³-hybridized carbons (Fsp3) is 0.500. The number of carbonyl (C=O) groups is 2. The second-order valence-electron chi connectivity index (χ2n) is 5.34. The van der Waals surface area contributed by atoms with E-state index in [1.54, 1.807) is 24.3 Å². The first-order valence-corrected chi connectivity index (χ1v) is 7.40. The molecule has 1 aromatic carbocycles. The Hall–Kier alpha value is -2.04. The lowest BCUT2D eigenvalue weighted by Crippen LogP contribution is -2.20. The lowest BCUT2D eigenvalue weighted by Gasteiger charge is -2.11. The fourth-order valence-corrected chi connectivity index (χ4v) is 2.48. The largest absolute Gasteiger partial charge is 0.494 e. The first kappa shape index (κ1) is 15.4. The number of anilines is 1. The van der Waals surface area contributed by atoms with Crippen LogP contribution in [-0.2, 0) is 9.59 Å². The zero-order valence-electron chi connectivity index (χ0n) is 12.0. The van der Waals surface area contributed by atoms with Gasteiger partial charge in [-0.1, -0.05) is 12.8 Å². The molecule has 1 saturated carbocycles. The monoisotopic (exact) mass is 291 g/mol. The standard InChI is InChI=1S/C16H21NO4/c18-15(19)6-3-11-21-14-9-7-13(8-10-14)17-16(20)12-4-1-2-5-12/h7-10,12H,1-6,11H2,(H,17,20)(H,18,19). The molecule has 5 heteroatoms. The van der Waals surface area contributed by atoms with Crippen LogP contribution in [0.3, 0.4) is 0 Å². The van der Waals surface area contributed by atoms with Crippen LogP contribution in [-0.4, -0.2) is 23.6 Å². The number of amides is 1. The number of hydrogen-bond acceptors (Lipinski definition) is 3. The van der Waals surface area contributed by atoms with Crippen LogP contribution >= 0.6 is 0 Å². The Morgan fingerprint density at radius 1 is 1.19 bits per heavy atom. The van der Waals surface area contributed by atoms with Crippen LogP contribution in [0.25, 0.3) is 0 Å². The number of rotatable bonds is 7. The third-order valence-electron chi connectivity index (χ3n) is 3.65. The van der Waals surface area contributed by atoms with Crippen molar-refractivity contribution in [2.75, 3.05) is 11.9 Å². The van der Waals surface area contributed by atoms with Gasteiger partial charge in [-0.3, -0.25) is 9.59 Å². The average Bonchev–Trinajstić information content (AvgIpc) is 2.99. The molecule has 21 heavy (non-hydrogen) atoms. The van der Waals surface area contributed by atoms with E-state index in [2.05, 4.69) is 5.32 Å². The summed E-state index contributed by atoms with van der Waals surface area (Å²) in [6.07, 6.45) is 4.83. The maximum atomic E-state index is 12.0. The van der Waals surface area contributed by atoms with Crippen LogP contribution in [0.1, 0.15) is 38.5 Å². The molecular weight excluding hydrogens is 270 g/mol. The van der Waals surface area contributed by atoms with Crippen LogP contribution in [0.15, 0.2) is 24.3 Å². The Balaban J connectivity index is 1.76. The van der Waals surface area contributed by atoms with Gasteiger partial charge < -0.3 is 15.2 Å². The molecule has 0 aliphatic heterocycles. The molecule has 2 rings (SSSR count). The molecule has 0 saturated heterocycles. The number of carbonyl (C=O) groups excluding carboxylic acids is 1. The molecule has 0 heterocycles. The van der Waals surface area contributed by atoms with Gasteiger partial charge in [-0.25, -0.2) is 0 Å². The molecule has 1 amide bonds. The van der Waals surface area contributed by atoms with E-state index in [4.69, 9.17) is 9.84 Å². The predicted molar refractivity (Wildman–Crippen MR) is 79.4 cm³/mol. The number of benzene rings is 1. The molecule has 0 bridgehead atoms. The predicted octanol–water partition coefficient (Wildman–Crippen LogP) is 3.06. The maximum absolute atomic E-state index is 12.0. The fourth-order valence-electron chi connectivity index (χ4n) is 2.48. The van der Waals surface area contributed by atoms with E-state index in [9.17, 15) is 9.59 Å². The lowest BCUT2D eigenvalue weighted by molar-refractivity contribution is -0.137. The van der Waals surface area contributed by atoms with Gasteiger partial charge in [-0.2, -0.15) is 0 Å². The Labute approximate surface area is 124 Å². The second kappa shape index (κ2) is 7.67. The molecule has 0 aromatic heterocycles. The summed E-state index contributed by atoms with van der Waals surface area (Å²) in [5, 5.41) is 11.4. The van der Waals surface area contributed by atoms with Crippen molar-refractivity contribution < 1.29 is 19.4 Å². The molecule has 0 atom stereocenters. The molecule has 0 radical (unpaired) electrons. The van der Waals surface area contributed by atoms with Crippen LogP contribution in [0.2, 0.25) is 0 Å². The van der Waals surface area contributed by atoms with Gasteiger partial charge in [0.2, 0.25) is 5.91 Å². The molecule has 114 valence electrons. The highest BCUT2D eigenvalue weighted by Gasteiger charge is 2.22. The van der Waals surface area contributed by atoms with Gasteiger partial charge in [0.15, 0.2) is 0 Å². The molecule has 1 aliphatic rings. The van der Waals surface area contributed by atoms with Crippen molar-refractivity contribution >= 4 is 17.6 Å². The van der Waals surface area contributed by atoms with Gasteiger partial charge >= 0.3 is 5.97 Å². The summed E-state index contributed by atoms with van der Waals surface area (Å²) in [5.41, 5.74) is 0.768. The zero-order valence-corrected chi connectivity index (χ0v) is 12.0. The normalized spacial score (nSPS) is 14.9. The maximum Gasteiger partial charge on any atom is 0.303 e. The Bertz CT molecular complexity index is 478. The quantitative estimate of drug-likeness (QED) is 0.757. The number of carboxylic acids is 1. The summed E-state index contributed by atoms with van der Waals surface area (Å²) in [7, 11) is 0. The number of carboxylic acid groups (broad SMARTS) is 1. The van der Waals surface area contributed by atoms with Crippen molar-refractivity contribution in [3.05, 3.63) is 24.3 Å². The van der Waals surface area contributed by atoms with Gasteiger partial charge in [0, 0.05) is 18.0 Å². The number of aliphatic carboxylic acids is 1. The number of ether oxygens (including phenoxy) is 1. The number of nitrogens with one attached hydrogen (secondary N) is 1.